The highest BCUT2D eigenvalue weighted by Crippen LogP contribution is 2.19. The van der Waals surface area contributed by atoms with E-state index in [2.05, 4.69) is 0 Å². The predicted octanol–water partition coefficient (Wildman–Crippen LogP) is 2.69. The molecule has 0 spiro atoms. The zero-order valence-corrected chi connectivity index (χ0v) is 13.0. The predicted molar refractivity (Wildman–Crippen MR) is 79.6 cm³/mol. The maximum Gasteiger partial charge on any atom is 0.323 e. The molecule has 0 fully saturated rings. The summed E-state index contributed by atoms with van der Waals surface area (Å²) in [6.45, 7) is 5.29. The summed E-state index contributed by atoms with van der Waals surface area (Å²) in [5, 5.41) is 10.9. The summed E-state index contributed by atoms with van der Waals surface area (Å²) in [4.78, 5) is 25.6. The molecule has 1 aromatic rings. The molecule has 0 aromatic carbocycles. The van der Waals surface area contributed by atoms with Gasteiger partial charge >= 0.3 is 5.97 Å². The van der Waals surface area contributed by atoms with Crippen LogP contribution in [0.25, 0.3) is 0 Å². The van der Waals surface area contributed by atoms with Crippen LogP contribution in [0.1, 0.15) is 25.6 Å². The van der Waals surface area contributed by atoms with E-state index in [1.807, 2.05) is 38.3 Å². The first-order valence-corrected chi connectivity index (χ1v) is 7.96. The van der Waals surface area contributed by atoms with Crippen molar-refractivity contribution in [2.24, 2.45) is 0 Å². The minimum absolute atomic E-state index is 0.128. The summed E-state index contributed by atoms with van der Waals surface area (Å²) >= 11 is 3.18. The average molecular weight is 301 g/mol. The molecular formula is C13H19NO3S2. The van der Waals surface area contributed by atoms with Crippen LogP contribution in [-0.2, 0) is 15.3 Å². The van der Waals surface area contributed by atoms with Crippen molar-refractivity contribution in [1.82, 2.24) is 4.90 Å². The maximum atomic E-state index is 12.1. The molecule has 1 rings (SSSR count). The lowest BCUT2D eigenvalue weighted by Gasteiger charge is -2.34. The molecule has 0 bridgehead atoms. The number of amides is 1. The molecule has 0 saturated carbocycles. The standard InChI is InChI=1S/C13H19NO3S2/c1-13(2,3)14(7-12(16)17)11(15)9-18-8-10-5-4-6-19-10/h4-6H,7-9H2,1-3H3,(H,16,17). The number of carbonyl (C=O) groups is 2. The maximum absolute atomic E-state index is 12.1. The molecule has 0 unspecified atom stereocenters. The van der Waals surface area contributed by atoms with Gasteiger partial charge < -0.3 is 10.0 Å². The fourth-order valence-electron chi connectivity index (χ4n) is 1.55. The van der Waals surface area contributed by atoms with Gasteiger partial charge in [0.05, 0.1) is 5.75 Å². The van der Waals surface area contributed by atoms with Crippen molar-refractivity contribution in [3.05, 3.63) is 22.4 Å². The third kappa shape index (κ3) is 5.65. The highest BCUT2D eigenvalue weighted by Gasteiger charge is 2.27. The van der Waals surface area contributed by atoms with Gasteiger partial charge in [0, 0.05) is 16.2 Å². The second-order valence-electron chi connectivity index (χ2n) is 5.12. The van der Waals surface area contributed by atoms with Crippen LogP contribution in [0.5, 0.6) is 0 Å². The third-order valence-electron chi connectivity index (χ3n) is 2.45. The van der Waals surface area contributed by atoms with E-state index in [-0.39, 0.29) is 12.5 Å². The Morgan fingerprint density at radius 3 is 2.58 bits per heavy atom. The molecule has 1 N–H and O–H groups in total. The van der Waals surface area contributed by atoms with Gasteiger partial charge in [0.25, 0.3) is 0 Å². The Kier molecular flexibility index (Phi) is 5.87. The normalized spacial score (nSPS) is 11.3. The van der Waals surface area contributed by atoms with Crippen molar-refractivity contribution in [3.8, 4) is 0 Å². The number of hydrogen-bond donors (Lipinski definition) is 1. The lowest BCUT2D eigenvalue weighted by atomic mass is 10.1. The van der Waals surface area contributed by atoms with Crippen LogP contribution in [0.4, 0.5) is 0 Å². The van der Waals surface area contributed by atoms with Gasteiger partial charge in [-0.3, -0.25) is 9.59 Å². The number of aliphatic carboxylic acids is 1. The van der Waals surface area contributed by atoms with E-state index >= 15 is 0 Å². The quantitative estimate of drug-likeness (QED) is 0.877. The summed E-state index contributed by atoms with van der Waals surface area (Å²) < 4.78 is 0. The second kappa shape index (κ2) is 6.96. The summed E-state index contributed by atoms with van der Waals surface area (Å²) in [5.41, 5.74) is -0.473. The van der Waals surface area contributed by atoms with E-state index in [1.165, 1.54) is 21.5 Å². The van der Waals surface area contributed by atoms with Crippen molar-refractivity contribution in [2.75, 3.05) is 12.3 Å². The lowest BCUT2D eigenvalue weighted by molar-refractivity contribution is -0.146. The zero-order chi connectivity index (χ0) is 14.5. The van der Waals surface area contributed by atoms with Crippen molar-refractivity contribution >= 4 is 35.0 Å². The monoisotopic (exact) mass is 301 g/mol. The molecule has 0 saturated heterocycles. The zero-order valence-electron chi connectivity index (χ0n) is 11.4. The van der Waals surface area contributed by atoms with E-state index < -0.39 is 11.5 Å². The van der Waals surface area contributed by atoms with Crippen LogP contribution in [0, 0.1) is 0 Å². The van der Waals surface area contributed by atoms with Gasteiger partial charge in [-0.25, -0.2) is 0 Å². The van der Waals surface area contributed by atoms with Crippen molar-refractivity contribution in [1.29, 1.82) is 0 Å². The number of thioether (sulfide) groups is 1. The van der Waals surface area contributed by atoms with E-state index in [4.69, 9.17) is 5.11 Å². The Labute approximate surface area is 121 Å². The Balaban J connectivity index is 2.50. The largest absolute Gasteiger partial charge is 0.480 e. The van der Waals surface area contributed by atoms with E-state index in [1.54, 1.807) is 11.3 Å². The molecule has 1 heterocycles. The molecule has 0 aliphatic rings. The molecule has 6 heteroatoms. The number of carboxylic acids is 1. The highest BCUT2D eigenvalue weighted by molar-refractivity contribution is 7.99. The third-order valence-corrected chi connectivity index (χ3v) is 4.48. The van der Waals surface area contributed by atoms with Crippen LogP contribution in [-0.4, -0.2) is 39.7 Å². The summed E-state index contributed by atoms with van der Waals surface area (Å²) in [7, 11) is 0. The number of nitrogens with zero attached hydrogens (tertiary/aromatic N) is 1. The number of thiophene rings is 1. The summed E-state index contributed by atoms with van der Waals surface area (Å²) in [6.07, 6.45) is 0. The van der Waals surface area contributed by atoms with E-state index in [0.29, 0.717) is 5.75 Å². The summed E-state index contributed by atoms with van der Waals surface area (Å²) in [6, 6.07) is 4.01. The van der Waals surface area contributed by atoms with Gasteiger partial charge in [0.1, 0.15) is 6.54 Å². The Hall–Kier alpha value is -1.01. The molecule has 4 nitrogen and oxygen atoms in total. The van der Waals surface area contributed by atoms with Gasteiger partial charge in [0.15, 0.2) is 0 Å². The molecule has 19 heavy (non-hydrogen) atoms. The van der Waals surface area contributed by atoms with Crippen LogP contribution in [0.2, 0.25) is 0 Å². The minimum Gasteiger partial charge on any atom is -0.480 e. The Morgan fingerprint density at radius 2 is 2.11 bits per heavy atom. The molecule has 1 amide bonds. The fraction of sp³-hybridized carbons (Fsp3) is 0.538. The summed E-state index contributed by atoms with van der Waals surface area (Å²) in [5.74, 6) is -0.0142. The topological polar surface area (TPSA) is 57.6 Å². The highest BCUT2D eigenvalue weighted by atomic mass is 32.2. The van der Waals surface area contributed by atoms with Crippen molar-refractivity contribution < 1.29 is 14.7 Å². The minimum atomic E-state index is -0.980. The number of carbonyl (C=O) groups excluding carboxylic acids is 1. The molecule has 0 radical (unpaired) electrons. The first kappa shape index (κ1) is 16.0. The number of rotatable bonds is 6. The van der Waals surface area contributed by atoms with Gasteiger partial charge in [-0.05, 0) is 32.2 Å². The van der Waals surface area contributed by atoms with Crippen LogP contribution >= 0.6 is 23.1 Å². The Morgan fingerprint density at radius 1 is 1.42 bits per heavy atom. The lowest BCUT2D eigenvalue weighted by Crippen LogP contribution is -2.49. The van der Waals surface area contributed by atoms with Crippen LogP contribution < -0.4 is 0 Å². The Bertz CT molecular complexity index is 424. The molecule has 0 aliphatic heterocycles. The van der Waals surface area contributed by atoms with Crippen molar-refractivity contribution in [2.45, 2.75) is 32.1 Å². The van der Waals surface area contributed by atoms with E-state index in [9.17, 15) is 9.59 Å². The SMILES string of the molecule is CC(C)(C)N(CC(=O)O)C(=O)CSCc1cccs1. The van der Waals surface area contributed by atoms with E-state index in [0.717, 1.165) is 5.75 Å². The van der Waals surface area contributed by atoms with Gasteiger partial charge in [-0.1, -0.05) is 6.07 Å². The smallest absolute Gasteiger partial charge is 0.323 e. The number of hydrogen-bond acceptors (Lipinski definition) is 4. The molecular weight excluding hydrogens is 282 g/mol. The molecule has 0 aliphatic carbocycles. The molecule has 1 aromatic heterocycles. The van der Waals surface area contributed by atoms with Crippen LogP contribution in [0.3, 0.4) is 0 Å². The van der Waals surface area contributed by atoms with Crippen molar-refractivity contribution in [3.63, 3.8) is 0 Å². The second-order valence-corrected chi connectivity index (χ2v) is 7.13. The average Bonchev–Trinajstić information content (AvgIpc) is 2.77. The van der Waals surface area contributed by atoms with Gasteiger partial charge in [-0.15, -0.1) is 23.1 Å². The van der Waals surface area contributed by atoms with Gasteiger partial charge in [0.2, 0.25) is 5.91 Å². The first-order chi connectivity index (χ1) is 8.80. The van der Waals surface area contributed by atoms with Crippen LogP contribution in [0.15, 0.2) is 17.5 Å². The molecule has 0 atom stereocenters. The first-order valence-electron chi connectivity index (χ1n) is 5.93. The number of carboxylic acid groups (broad SMARTS) is 1. The van der Waals surface area contributed by atoms with Gasteiger partial charge in [-0.2, -0.15) is 0 Å². The molecule has 106 valence electrons. The fourth-order valence-corrected chi connectivity index (χ4v) is 3.29.